The molecule has 13 N–H and O–H groups in total. The van der Waals surface area contributed by atoms with Crippen LogP contribution in [0.3, 0.4) is 0 Å². The van der Waals surface area contributed by atoms with E-state index < -0.39 is 123 Å². The molecule has 24 atom stereocenters. The molecule has 6 fully saturated rings. The van der Waals surface area contributed by atoms with E-state index in [1.54, 1.807) is 6.92 Å². The van der Waals surface area contributed by atoms with Crippen LogP contribution in [0.2, 0.25) is 0 Å². The van der Waals surface area contributed by atoms with Gasteiger partial charge in [0.2, 0.25) is 0 Å². The molecule has 3 aliphatic heterocycles. The summed E-state index contributed by atoms with van der Waals surface area (Å²) in [6.45, 7) is 6.37. The Kier molecular flexibility index (Phi) is 14.5. The van der Waals surface area contributed by atoms with E-state index in [0.717, 1.165) is 57.8 Å². The molecule has 16 nitrogen and oxygen atoms in total. The third-order valence-corrected chi connectivity index (χ3v) is 18.1. The monoisotopic (exact) mass is 873 g/mol. The van der Waals surface area contributed by atoms with E-state index in [2.05, 4.69) is 26.8 Å². The predicted molar refractivity (Wildman–Crippen MR) is 217 cm³/mol. The fraction of sp³-hybridized carbons (Fsp3) is 0.956. The summed E-state index contributed by atoms with van der Waals surface area (Å²) in [6, 6.07) is 0. The van der Waals surface area contributed by atoms with E-state index in [0.29, 0.717) is 30.1 Å². The van der Waals surface area contributed by atoms with Crippen molar-refractivity contribution in [2.75, 3.05) is 19.8 Å². The molecule has 0 amide bonds. The zero-order valence-electron chi connectivity index (χ0n) is 36.2. The SMILES string of the molecule is CC(CCC[C@@H](C)[C@H]1CC[C@H]2[C@@H]3CC=C4C[C@@H](O)CC[C@]4(C)[C@H]3CC[C@]12C)C(C1O[C@H](CO)[C@H](O)[C@H](O)[C@H]1O)(C1O[C@H](CO)[C@H](O)[C@H](O)[C@H]1O)C1O[C@H](CO)[C@H](O)[C@H](O)[C@H]1O. The fourth-order valence-corrected chi connectivity index (χ4v) is 14.7. The van der Waals surface area contributed by atoms with Crippen molar-refractivity contribution in [2.45, 2.75) is 196 Å². The highest BCUT2D eigenvalue weighted by atomic mass is 16.6. The Morgan fingerprint density at radius 2 is 1.10 bits per heavy atom. The predicted octanol–water partition coefficient (Wildman–Crippen LogP) is -1.12. The van der Waals surface area contributed by atoms with Crippen molar-refractivity contribution in [2.24, 2.45) is 51.8 Å². The van der Waals surface area contributed by atoms with Gasteiger partial charge in [-0.3, -0.25) is 0 Å². The minimum atomic E-state index is -2.15. The van der Waals surface area contributed by atoms with Crippen LogP contribution in [0.25, 0.3) is 0 Å². The first kappa shape index (κ1) is 48.0. The van der Waals surface area contributed by atoms with Crippen LogP contribution in [0.5, 0.6) is 0 Å². The third-order valence-electron chi connectivity index (χ3n) is 18.1. The maximum Gasteiger partial charge on any atom is 0.111 e. The standard InChI is InChI=1S/C45H76O16/c1-20(25-10-11-26-24-9-8-22-16-23(49)12-14-43(22,3)27(24)13-15-44(25,26)4)6-5-7-21(2)45(40-37(56)34(53)31(50)28(17-46)59-40,41-38(57)35(54)32(51)29(18-47)60-41)42-39(58)36(55)33(52)30(19-48)61-42/h8,20-21,23-42,46-58H,5-7,9-19H2,1-4H3/t20-,21?,23+,24+,25-,26+,27+,28-,29-,30-,31+,32+,33+,34+,35+,36+,37-,38-,39-,40?,41?,42?,43+,44-,45?/m1/s1. The average molecular weight is 873 g/mol. The highest BCUT2D eigenvalue weighted by Crippen LogP contribution is 2.67. The normalized spacial score (nSPS) is 52.2. The molecule has 4 unspecified atom stereocenters. The Morgan fingerprint density at radius 3 is 1.57 bits per heavy atom. The van der Waals surface area contributed by atoms with Gasteiger partial charge in [0, 0.05) is 0 Å². The molecule has 3 saturated heterocycles. The minimum absolute atomic E-state index is 0.134. The Bertz CT molecular complexity index is 1420. The molecule has 0 bridgehead atoms. The average Bonchev–Trinajstić information content (AvgIpc) is 3.60. The van der Waals surface area contributed by atoms with Crippen molar-refractivity contribution >= 4 is 0 Å². The van der Waals surface area contributed by atoms with E-state index >= 15 is 0 Å². The zero-order chi connectivity index (χ0) is 44.5. The van der Waals surface area contributed by atoms with Crippen LogP contribution in [0.15, 0.2) is 11.6 Å². The van der Waals surface area contributed by atoms with Crippen LogP contribution in [-0.4, -0.2) is 184 Å². The Morgan fingerprint density at radius 1 is 0.607 bits per heavy atom. The molecule has 0 aromatic rings. The maximum absolute atomic E-state index is 11.9. The van der Waals surface area contributed by atoms with Crippen LogP contribution in [0.1, 0.15) is 98.3 Å². The number of aliphatic hydroxyl groups is 13. The van der Waals surface area contributed by atoms with Crippen molar-refractivity contribution in [1.82, 2.24) is 0 Å². The molecule has 3 saturated carbocycles. The number of hydrogen-bond acceptors (Lipinski definition) is 16. The quantitative estimate of drug-likeness (QED) is 0.103. The first-order chi connectivity index (χ1) is 28.8. The molecule has 0 aromatic heterocycles. The summed E-state index contributed by atoms with van der Waals surface area (Å²) in [5.74, 6) is 1.59. The number of hydrogen-bond donors (Lipinski definition) is 13. The van der Waals surface area contributed by atoms with Crippen LogP contribution in [0.4, 0.5) is 0 Å². The highest BCUT2D eigenvalue weighted by Gasteiger charge is 2.69. The molecule has 61 heavy (non-hydrogen) atoms. The lowest BCUT2D eigenvalue weighted by atomic mass is 9.47. The van der Waals surface area contributed by atoms with Crippen molar-refractivity contribution in [3.8, 4) is 0 Å². The molecule has 352 valence electrons. The summed E-state index contributed by atoms with van der Waals surface area (Å²) in [7, 11) is 0. The maximum atomic E-state index is 11.9. The minimum Gasteiger partial charge on any atom is -0.394 e. The Hall–Kier alpha value is -0.900. The van der Waals surface area contributed by atoms with Crippen molar-refractivity contribution in [1.29, 1.82) is 0 Å². The Balaban J connectivity index is 1.20. The molecular weight excluding hydrogens is 796 g/mol. The molecule has 0 radical (unpaired) electrons. The fourth-order valence-electron chi connectivity index (χ4n) is 14.7. The second-order valence-corrected chi connectivity index (χ2v) is 20.9. The summed E-state index contributed by atoms with van der Waals surface area (Å²) in [6.07, 6.45) is -15.2. The van der Waals surface area contributed by atoms with Gasteiger partial charge < -0.3 is 80.6 Å². The van der Waals surface area contributed by atoms with Crippen LogP contribution < -0.4 is 0 Å². The topological polar surface area (TPSA) is 291 Å². The lowest BCUT2D eigenvalue weighted by Crippen LogP contribution is -2.78. The highest BCUT2D eigenvalue weighted by molar-refractivity contribution is 5.25. The van der Waals surface area contributed by atoms with Gasteiger partial charge in [-0.05, 0) is 104 Å². The molecule has 4 aliphatic carbocycles. The Labute approximate surface area is 359 Å². The second kappa shape index (κ2) is 18.4. The number of ether oxygens (including phenoxy) is 3. The first-order valence-corrected chi connectivity index (χ1v) is 23.1. The summed E-state index contributed by atoms with van der Waals surface area (Å²) in [4.78, 5) is 0. The van der Waals surface area contributed by atoms with Crippen molar-refractivity contribution in [3.05, 3.63) is 11.6 Å². The van der Waals surface area contributed by atoms with E-state index in [1.807, 2.05) is 0 Å². The zero-order valence-corrected chi connectivity index (χ0v) is 36.2. The van der Waals surface area contributed by atoms with Crippen LogP contribution >= 0.6 is 0 Å². The summed E-state index contributed by atoms with van der Waals surface area (Å²) in [5.41, 5.74) is -0.436. The van der Waals surface area contributed by atoms with Gasteiger partial charge in [-0.2, -0.15) is 0 Å². The van der Waals surface area contributed by atoms with E-state index in [4.69, 9.17) is 14.2 Å². The van der Waals surface area contributed by atoms with Gasteiger partial charge in [0.25, 0.3) is 0 Å². The van der Waals surface area contributed by atoms with Gasteiger partial charge in [0.05, 0.1) is 49.7 Å². The lowest BCUT2D eigenvalue weighted by Gasteiger charge is -2.62. The molecule has 0 aromatic carbocycles. The van der Waals surface area contributed by atoms with Gasteiger partial charge in [-0.1, -0.05) is 52.2 Å². The molecule has 7 rings (SSSR count). The third kappa shape index (κ3) is 7.81. The summed E-state index contributed by atoms with van der Waals surface area (Å²) < 4.78 is 18.7. The summed E-state index contributed by atoms with van der Waals surface area (Å²) in [5, 5.41) is 143. The van der Waals surface area contributed by atoms with Gasteiger partial charge in [0.15, 0.2) is 0 Å². The molecule has 3 heterocycles. The smallest absolute Gasteiger partial charge is 0.111 e. The second-order valence-electron chi connectivity index (χ2n) is 20.9. The number of rotatable bonds is 12. The first-order valence-electron chi connectivity index (χ1n) is 23.1. The molecular formula is C45H76O16. The van der Waals surface area contributed by atoms with Gasteiger partial charge in [0.1, 0.15) is 73.2 Å². The molecule has 16 heteroatoms. The number of fused-ring (bicyclic) bond motifs is 5. The van der Waals surface area contributed by atoms with Crippen molar-refractivity contribution in [3.63, 3.8) is 0 Å². The number of aliphatic hydroxyl groups excluding tert-OH is 13. The number of allylic oxidation sites excluding steroid dienone is 1. The molecule has 7 aliphatic rings. The van der Waals surface area contributed by atoms with Crippen LogP contribution in [0, 0.1) is 51.8 Å². The van der Waals surface area contributed by atoms with Gasteiger partial charge >= 0.3 is 0 Å². The van der Waals surface area contributed by atoms with Crippen molar-refractivity contribution < 1.29 is 80.6 Å². The van der Waals surface area contributed by atoms with E-state index in [-0.39, 0.29) is 29.3 Å². The molecule has 0 spiro atoms. The summed E-state index contributed by atoms with van der Waals surface area (Å²) >= 11 is 0. The van der Waals surface area contributed by atoms with Gasteiger partial charge in [-0.15, -0.1) is 0 Å². The van der Waals surface area contributed by atoms with Crippen LogP contribution in [-0.2, 0) is 14.2 Å². The van der Waals surface area contributed by atoms with Gasteiger partial charge in [-0.25, -0.2) is 0 Å². The van der Waals surface area contributed by atoms with E-state index in [9.17, 15) is 66.4 Å². The van der Waals surface area contributed by atoms with E-state index in [1.165, 1.54) is 5.57 Å². The largest absolute Gasteiger partial charge is 0.394 e. The lowest BCUT2D eigenvalue weighted by molar-refractivity contribution is -0.361.